The van der Waals surface area contributed by atoms with Crippen molar-refractivity contribution in [3.8, 4) is 5.75 Å². The number of carbonyl (C=O) groups is 1. The maximum atomic E-state index is 12.8. The van der Waals surface area contributed by atoms with Gasteiger partial charge in [0.2, 0.25) is 0 Å². The highest BCUT2D eigenvalue weighted by atomic mass is 79.9. The fourth-order valence-corrected chi connectivity index (χ4v) is 2.37. The number of halogens is 7. The first-order valence-corrected chi connectivity index (χ1v) is 6.38. The highest BCUT2D eigenvalue weighted by Crippen LogP contribution is 2.38. The highest BCUT2D eigenvalue weighted by molar-refractivity contribution is 9.11. The maximum Gasteiger partial charge on any atom is 0.463 e. The van der Waals surface area contributed by atoms with Gasteiger partial charge in [-0.05, 0) is 37.9 Å². The van der Waals surface area contributed by atoms with Gasteiger partial charge in [0.1, 0.15) is 5.75 Å². The van der Waals surface area contributed by atoms with E-state index in [0.29, 0.717) is 4.47 Å². The molecule has 0 spiro atoms. The smallest absolute Gasteiger partial charge is 0.463 e. The Balaban J connectivity index is 3.08. The third kappa shape index (κ3) is 3.40. The van der Waals surface area contributed by atoms with E-state index in [1.165, 1.54) is 18.5 Å². The molecule has 0 unspecified atom stereocenters. The summed E-state index contributed by atoms with van der Waals surface area (Å²) in [6.45, 7) is 0. The van der Waals surface area contributed by atoms with E-state index in [4.69, 9.17) is 4.74 Å². The summed E-state index contributed by atoms with van der Waals surface area (Å²) < 4.78 is 67.1. The zero-order valence-electron chi connectivity index (χ0n) is 9.62. The fraction of sp³-hybridized carbons (Fsp3) is 0.300. The van der Waals surface area contributed by atoms with Crippen LogP contribution in [0.3, 0.4) is 0 Å². The summed E-state index contributed by atoms with van der Waals surface area (Å²) >= 11 is 6.01. The van der Waals surface area contributed by atoms with Crippen LogP contribution in [0.5, 0.6) is 5.75 Å². The van der Waals surface area contributed by atoms with E-state index in [-0.39, 0.29) is 15.9 Å². The van der Waals surface area contributed by atoms with Crippen LogP contribution in [0.1, 0.15) is 0 Å². The maximum absolute atomic E-state index is 12.8. The number of alkyl halides is 5. The molecular weight excluding hydrogens is 421 g/mol. The Morgan fingerprint density at radius 1 is 1.15 bits per heavy atom. The van der Waals surface area contributed by atoms with Crippen LogP contribution in [-0.4, -0.2) is 25.1 Å². The van der Waals surface area contributed by atoms with Crippen LogP contribution in [0.4, 0.5) is 27.6 Å². The zero-order valence-corrected chi connectivity index (χ0v) is 12.8. The average molecular weight is 427 g/mol. The summed E-state index contributed by atoms with van der Waals surface area (Å²) in [5.74, 6) is -7.82. The summed E-state index contributed by atoms with van der Waals surface area (Å²) in [5.41, 5.74) is -0.279. The van der Waals surface area contributed by atoms with Gasteiger partial charge in [0.15, 0.2) is 0 Å². The molecule has 10 heteroatoms. The first-order chi connectivity index (χ1) is 9.00. The minimum absolute atomic E-state index is 0.108. The van der Waals surface area contributed by atoms with Crippen molar-refractivity contribution in [3.63, 3.8) is 0 Å². The van der Waals surface area contributed by atoms with Crippen molar-refractivity contribution in [1.82, 2.24) is 0 Å². The summed E-state index contributed by atoms with van der Waals surface area (Å²) in [7, 11) is 1.27. The molecule has 0 heterocycles. The number of carbonyl (C=O) groups excluding carboxylic acids is 1. The number of hydrogen-bond donors (Lipinski definition) is 1. The Hall–Kier alpha value is -0.900. The van der Waals surface area contributed by atoms with Crippen molar-refractivity contribution >= 4 is 43.5 Å². The van der Waals surface area contributed by atoms with Crippen LogP contribution in [-0.2, 0) is 4.79 Å². The molecule has 0 radical (unpaired) electrons. The second-order valence-corrected chi connectivity index (χ2v) is 5.20. The van der Waals surface area contributed by atoms with Crippen molar-refractivity contribution < 1.29 is 31.5 Å². The van der Waals surface area contributed by atoms with E-state index < -0.39 is 18.0 Å². The van der Waals surface area contributed by atoms with Crippen molar-refractivity contribution in [1.29, 1.82) is 0 Å². The number of amides is 1. The number of methoxy groups -OCH3 is 1. The Kier molecular flexibility index (Phi) is 5.01. The monoisotopic (exact) mass is 425 g/mol. The van der Waals surface area contributed by atoms with Gasteiger partial charge in [-0.25, -0.2) is 0 Å². The molecule has 20 heavy (non-hydrogen) atoms. The van der Waals surface area contributed by atoms with E-state index in [9.17, 15) is 26.7 Å². The molecule has 1 aromatic rings. The summed E-state index contributed by atoms with van der Waals surface area (Å²) in [4.78, 5) is 11.1. The largest absolute Gasteiger partial charge is 0.495 e. The molecule has 0 aliphatic rings. The second kappa shape index (κ2) is 5.84. The van der Waals surface area contributed by atoms with Gasteiger partial charge in [0.25, 0.3) is 0 Å². The number of hydrogen-bond acceptors (Lipinski definition) is 2. The van der Waals surface area contributed by atoms with Gasteiger partial charge in [-0.3, -0.25) is 4.79 Å². The molecule has 0 bridgehead atoms. The molecule has 0 saturated heterocycles. The predicted octanol–water partition coefficient (Wildman–Crippen LogP) is 4.36. The van der Waals surface area contributed by atoms with Gasteiger partial charge >= 0.3 is 18.0 Å². The quantitative estimate of drug-likeness (QED) is 0.729. The molecule has 1 rings (SSSR count). The summed E-state index contributed by atoms with van der Waals surface area (Å²) in [6, 6.07) is 2.43. The van der Waals surface area contributed by atoms with Crippen molar-refractivity contribution in [2.24, 2.45) is 0 Å². The Bertz CT molecular complexity index is 533. The van der Waals surface area contributed by atoms with Crippen molar-refractivity contribution in [3.05, 3.63) is 21.1 Å². The molecule has 1 amide bonds. The van der Waals surface area contributed by atoms with E-state index in [1.807, 2.05) is 0 Å². The first-order valence-electron chi connectivity index (χ1n) is 4.79. The topological polar surface area (TPSA) is 38.3 Å². The van der Waals surface area contributed by atoms with Crippen LogP contribution in [0.2, 0.25) is 0 Å². The Morgan fingerprint density at radius 3 is 2.15 bits per heavy atom. The highest BCUT2D eigenvalue weighted by Gasteiger charge is 2.63. The van der Waals surface area contributed by atoms with Crippen LogP contribution >= 0.6 is 31.9 Å². The van der Waals surface area contributed by atoms with Crippen molar-refractivity contribution in [2.45, 2.75) is 12.1 Å². The van der Waals surface area contributed by atoms with Gasteiger partial charge in [0, 0.05) is 10.5 Å². The average Bonchev–Trinajstić information content (AvgIpc) is 2.30. The Morgan fingerprint density at radius 2 is 1.70 bits per heavy atom. The van der Waals surface area contributed by atoms with Crippen LogP contribution in [0, 0.1) is 0 Å². The van der Waals surface area contributed by atoms with E-state index in [1.54, 1.807) is 0 Å². The lowest BCUT2D eigenvalue weighted by atomic mass is 10.2. The second-order valence-electron chi connectivity index (χ2n) is 3.49. The molecule has 0 atom stereocenters. The van der Waals surface area contributed by atoms with Crippen LogP contribution in [0.15, 0.2) is 21.1 Å². The molecule has 3 nitrogen and oxygen atoms in total. The normalized spacial score (nSPS) is 12.2. The lowest BCUT2D eigenvalue weighted by molar-refractivity contribution is -0.267. The fourth-order valence-electron chi connectivity index (χ4n) is 1.11. The van der Waals surface area contributed by atoms with E-state index in [0.717, 1.165) is 6.07 Å². The van der Waals surface area contributed by atoms with E-state index >= 15 is 0 Å². The lowest BCUT2D eigenvalue weighted by Crippen LogP contribution is -2.47. The van der Waals surface area contributed by atoms with Crippen molar-refractivity contribution in [2.75, 3.05) is 12.4 Å². The third-order valence-corrected chi connectivity index (χ3v) is 3.41. The molecule has 112 valence electrons. The predicted molar refractivity (Wildman–Crippen MR) is 68.0 cm³/mol. The van der Waals surface area contributed by atoms with E-state index in [2.05, 4.69) is 31.9 Å². The van der Waals surface area contributed by atoms with Gasteiger partial charge < -0.3 is 10.1 Å². The number of benzene rings is 1. The SMILES string of the molecule is COc1cc(NC(=O)C(F)(F)C(F)(F)F)c(Br)cc1Br. The standard InChI is InChI=1S/C10H6Br2F5NO2/c1-20-7-3-6(4(11)2-5(7)12)18-8(19)9(13,14)10(15,16)17/h2-3H,1H3,(H,18,19). The molecule has 0 aliphatic heterocycles. The summed E-state index contributed by atoms with van der Waals surface area (Å²) in [6.07, 6.45) is -5.97. The van der Waals surface area contributed by atoms with Crippen LogP contribution in [0.25, 0.3) is 0 Å². The molecule has 0 aromatic heterocycles. The molecular formula is C10H6Br2F5NO2. The minimum atomic E-state index is -5.97. The van der Waals surface area contributed by atoms with Crippen LogP contribution < -0.4 is 10.1 Å². The van der Waals surface area contributed by atoms with Gasteiger partial charge in [-0.15, -0.1) is 0 Å². The zero-order chi connectivity index (χ0) is 15.7. The molecule has 0 fully saturated rings. The van der Waals surface area contributed by atoms with Gasteiger partial charge in [-0.2, -0.15) is 22.0 Å². The van der Waals surface area contributed by atoms with Gasteiger partial charge in [-0.1, -0.05) is 0 Å². The molecule has 1 aromatic carbocycles. The lowest BCUT2D eigenvalue weighted by Gasteiger charge is -2.19. The number of rotatable bonds is 3. The first kappa shape index (κ1) is 17.2. The van der Waals surface area contributed by atoms with Gasteiger partial charge in [0.05, 0.1) is 17.3 Å². The number of ether oxygens (including phenoxy) is 1. The molecule has 0 aliphatic carbocycles. The molecule has 1 N–H and O–H groups in total. The third-order valence-electron chi connectivity index (χ3n) is 2.13. The number of nitrogens with one attached hydrogen (secondary N) is 1. The number of anilines is 1. The minimum Gasteiger partial charge on any atom is -0.495 e. The summed E-state index contributed by atoms with van der Waals surface area (Å²) in [5, 5.41) is 1.50. The molecule has 0 saturated carbocycles. The Labute approximate surface area is 126 Å².